The zero-order valence-corrected chi connectivity index (χ0v) is 17.6. The molecule has 5 nitrogen and oxygen atoms in total. The molecule has 0 N–H and O–H groups in total. The molecule has 2 aromatic carbocycles. The van der Waals surface area contributed by atoms with Gasteiger partial charge in [0.05, 0.1) is 9.79 Å². The van der Waals surface area contributed by atoms with Gasteiger partial charge in [-0.2, -0.15) is 4.31 Å². The van der Waals surface area contributed by atoms with E-state index < -0.39 is 19.9 Å². The fourth-order valence-corrected chi connectivity index (χ4v) is 5.53. The minimum atomic E-state index is -3.92. The minimum absolute atomic E-state index is 0.0527. The van der Waals surface area contributed by atoms with Crippen molar-refractivity contribution in [2.45, 2.75) is 23.3 Å². The predicted molar refractivity (Wildman–Crippen MR) is 102 cm³/mol. The third kappa shape index (κ3) is 4.62. The number of sulfone groups is 1. The number of sulfonamides is 1. The summed E-state index contributed by atoms with van der Waals surface area (Å²) in [6.45, 7) is 2.01. The van der Waals surface area contributed by atoms with E-state index in [0.29, 0.717) is 15.1 Å². The summed E-state index contributed by atoms with van der Waals surface area (Å²) >= 11 is 9.33. The van der Waals surface area contributed by atoms with Crippen LogP contribution in [0, 0.1) is 0 Å². The van der Waals surface area contributed by atoms with Crippen LogP contribution in [0.5, 0.6) is 0 Å². The van der Waals surface area contributed by atoms with Crippen LogP contribution in [-0.2, 0) is 26.4 Å². The minimum Gasteiger partial charge on any atom is -0.224 e. The normalized spacial score (nSPS) is 12.5. The van der Waals surface area contributed by atoms with Crippen LogP contribution in [0.25, 0.3) is 0 Å². The summed E-state index contributed by atoms with van der Waals surface area (Å²) < 4.78 is 51.1. The molecule has 0 aliphatic heterocycles. The molecule has 0 aliphatic carbocycles. The second-order valence-corrected chi connectivity index (χ2v) is 10.6. The lowest BCUT2D eigenvalue weighted by Crippen LogP contribution is -2.31. The van der Waals surface area contributed by atoms with Crippen LogP contribution in [0.3, 0.4) is 0 Å². The Hall–Kier alpha value is -0.930. The SMILES string of the molecule is CCN(Cc1ccccc1Cl)S(=O)(=O)c1cc(S(C)(=O)=O)ccc1Br. The van der Waals surface area contributed by atoms with Gasteiger partial charge in [0.2, 0.25) is 10.0 Å². The zero-order chi connectivity index (χ0) is 18.8. The summed E-state index contributed by atoms with van der Waals surface area (Å²) in [7, 11) is -7.44. The molecule has 2 aromatic rings. The van der Waals surface area contributed by atoms with Gasteiger partial charge in [-0.15, -0.1) is 0 Å². The molecule has 0 atom stereocenters. The lowest BCUT2D eigenvalue weighted by Gasteiger charge is -2.22. The van der Waals surface area contributed by atoms with Crippen molar-refractivity contribution >= 4 is 47.4 Å². The standard InChI is InChI=1S/C16H17BrClNO4S2/c1-3-19(11-12-6-4-5-7-15(12)18)25(22,23)16-10-13(24(2,20)21)8-9-14(16)17/h4-10H,3,11H2,1-2H3. The van der Waals surface area contributed by atoms with Crippen molar-refractivity contribution in [2.75, 3.05) is 12.8 Å². The van der Waals surface area contributed by atoms with E-state index in [9.17, 15) is 16.8 Å². The predicted octanol–water partition coefficient (Wildman–Crippen LogP) is 3.72. The highest BCUT2D eigenvalue weighted by Gasteiger charge is 2.27. The highest BCUT2D eigenvalue weighted by Crippen LogP contribution is 2.29. The summed E-state index contributed by atoms with van der Waals surface area (Å²) in [6, 6.07) is 10.9. The fraction of sp³-hybridized carbons (Fsp3) is 0.250. The second kappa shape index (κ2) is 7.75. The van der Waals surface area contributed by atoms with E-state index in [1.165, 1.54) is 22.5 Å². The maximum Gasteiger partial charge on any atom is 0.244 e. The highest BCUT2D eigenvalue weighted by molar-refractivity contribution is 9.10. The molecule has 0 aliphatic rings. The molecule has 0 fully saturated rings. The third-order valence-electron chi connectivity index (χ3n) is 3.61. The zero-order valence-electron chi connectivity index (χ0n) is 13.6. The van der Waals surface area contributed by atoms with E-state index in [0.717, 1.165) is 6.26 Å². The van der Waals surface area contributed by atoms with Crippen molar-refractivity contribution in [3.8, 4) is 0 Å². The molecule has 136 valence electrons. The molecule has 0 amide bonds. The molecule has 0 heterocycles. The highest BCUT2D eigenvalue weighted by atomic mass is 79.9. The van der Waals surface area contributed by atoms with Crippen LogP contribution in [0.2, 0.25) is 5.02 Å². The maximum atomic E-state index is 13.0. The average molecular weight is 467 g/mol. The smallest absolute Gasteiger partial charge is 0.224 e. The quantitative estimate of drug-likeness (QED) is 0.650. The Morgan fingerprint density at radius 3 is 2.28 bits per heavy atom. The molecule has 0 bridgehead atoms. The van der Waals surface area contributed by atoms with Crippen LogP contribution < -0.4 is 0 Å². The molecule has 25 heavy (non-hydrogen) atoms. The van der Waals surface area contributed by atoms with Gasteiger partial charge in [0.25, 0.3) is 0 Å². The van der Waals surface area contributed by atoms with Gasteiger partial charge in [0, 0.05) is 28.8 Å². The van der Waals surface area contributed by atoms with E-state index >= 15 is 0 Å². The van der Waals surface area contributed by atoms with E-state index in [4.69, 9.17) is 11.6 Å². The van der Waals surface area contributed by atoms with Crippen molar-refractivity contribution in [3.63, 3.8) is 0 Å². The monoisotopic (exact) mass is 465 g/mol. The number of benzene rings is 2. The molecule has 0 saturated carbocycles. The molecular weight excluding hydrogens is 450 g/mol. The van der Waals surface area contributed by atoms with Crippen molar-refractivity contribution in [3.05, 3.63) is 57.5 Å². The molecule has 0 aromatic heterocycles. The maximum absolute atomic E-state index is 13.0. The Labute approximate surface area is 161 Å². The molecule has 2 rings (SSSR count). The lowest BCUT2D eigenvalue weighted by atomic mass is 10.2. The summed E-state index contributed by atoms with van der Waals surface area (Å²) in [4.78, 5) is -0.146. The number of hydrogen-bond acceptors (Lipinski definition) is 4. The third-order valence-corrected chi connectivity index (χ3v) is 8.00. The molecule has 9 heteroatoms. The molecule has 0 spiro atoms. The molecular formula is C16H17BrClNO4S2. The first-order chi connectivity index (χ1) is 11.6. The number of rotatable bonds is 6. The van der Waals surface area contributed by atoms with Gasteiger partial charge in [-0.3, -0.25) is 0 Å². The summed E-state index contributed by atoms with van der Waals surface area (Å²) in [5.74, 6) is 0. The van der Waals surface area contributed by atoms with Crippen molar-refractivity contribution in [1.82, 2.24) is 4.31 Å². The summed E-state index contributed by atoms with van der Waals surface area (Å²) in [5.41, 5.74) is 0.671. The Morgan fingerprint density at radius 2 is 1.72 bits per heavy atom. The summed E-state index contributed by atoms with van der Waals surface area (Å²) in [5, 5.41) is 0.472. The molecule has 0 saturated heterocycles. The van der Waals surface area contributed by atoms with Gasteiger partial charge in [-0.25, -0.2) is 16.8 Å². The van der Waals surface area contributed by atoms with Gasteiger partial charge < -0.3 is 0 Å². The van der Waals surface area contributed by atoms with Crippen LogP contribution in [0.15, 0.2) is 56.7 Å². The Balaban J connectivity index is 2.51. The Kier molecular flexibility index (Phi) is 6.32. The van der Waals surface area contributed by atoms with Crippen molar-refractivity contribution in [1.29, 1.82) is 0 Å². The first-order valence-electron chi connectivity index (χ1n) is 7.30. The van der Waals surface area contributed by atoms with Crippen LogP contribution in [-0.4, -0.2) is 33.9 Å². The van der Waals surface area contributed by atoms with E-state index in [1.54, 1.807) is 31.2 Å². The number of nitrogens with zero attached hydrogens (tertiary/aromatic N) is 1. The van der Waals surface area contributed by atoms with E-state index in [2.05, 4.69) is 15.9 Å². The molecule has 0 radical (unpaired) electrons. The Morgan fingerprint density at radius 1 is 1.08 bits per heavy atom. The first kappa shape index (κ1) is 20.4. The summed E-state index contributed by atoms with van der Waals surface area (Å²) in [6.07, 6.45) is 1.04. The van der Waals surface area contributed by atoms with Gasteiger partial charge in [0.15, 0.2) is 9.84 Å². The number of halogens is 2. The van der Waals surface area contributed by atoms with Gasteiger partial charge >= 0.3 is 0 Å². The lowest BCUT2D eigenvalue weighted by molar-refractivity contribution is 0.423. The van der Waals surface area contributed by atoms with E-state index in [-0.39, 0.29) is 22.9 Å². The van der Waals surface area contributed by atoms with Crippen molar-refractivity contribution < 1.29 is 16.8 Å². The first-order valence-corrected chi connectivity index (χ1v) is 11.8. The van der Waals surface area contributed by atoms with Crippen LogP contribution in [0.4, 0.5) is 0 Å². The van der Waals surface area contributed by atoms with Gasteiger partial charge in [0.1, 0.15) is 0 Å². The molecule has 0 unspecified atom stereocenters. The topological polar surface area (TPSA) is 71.5 Å². The van der Waals surface area contributed by atoms with Gasteiger partial charge in [-0.1, -0.05) is 36.7 Å². The van der Waals surface area contributed by atoms with E-state index in [1.807, 2.05) is 0 Å². The van der Waals surface area contributed by atoms with Crippen LogP contribution >= 0.6 is 27.5 Å². The average Bonchev–Trinajstić information content (AvgIpc) is 2.53. The number of hydrogen-bond donors (Lipinski definition) is 0. The van der Waals surface area contributed by atoms with Crippen molar-refractivity contribution in [2.24, 2.45) is 0 Å². The van der Waals surface area contributed by atoms with Gasteiger partial charge in [-0.05, 0) is 45.8 Å². The second-order valence-electron chi connectivity index (χ2n) is 5.39. The largest absolute Gasteiger partial charge is 0.244 e. The Bertz CT molecular complexity index is 991. The van der Waals surface area contributed by atoms with Crippen LogP contribution in [0.1, 0.15) is 12.5 Å². The fourth-order valence-electron chi connectivity index (χ4n) is 2.23.